The second-order valence-electron chi connectivity index (χ2n) is 8.48. The Kier molecular flexibility index (Phi) is 5.25. The van der Waals surface area contributed by atoms with Gasteiger partial charge in [0.2, 0.25) is 0 Å². The summed E-state index contributed by atoms with van der Waals surface area (Å²) in [5.74, 6) is -0.0872. The second-order valence-corrected chi connectivity index (χ2v) is 8.48. The zero-order chi connectivity index (χ0) is 24.8. The molecule has 36 heavy (non-hydrogen) atoms. The first-order valence-electron chi connectivity index (χ1n) is 11.4. The molecule has 0 unspecified atom stereocenters. The molecule has 0 amide bonds. The number of halogens is 2. The smallest absolute Gasteiger partial charge is 0.387 e. The van der Waals surface area contributed by atoms with Gasteiger partial charge in [0.1, 0.15) is 17.0 Å². The zero-order valence-corrected chi connectivity index (χ0v) is 18.8. The lowest BCUT2D eigenvalue weighted by atomic mass is 10.0. The molecule has 0 saturated carbocycles. The van der Waals surface area contributed by atoms with Crippen molar-refractivity contribution in [3.63, 3.8) is 0 Å². The van der Waals surface area contributed by atoms with Crippen molar-refractivity contribution in [1.82, 2.24) is 9.97 Å². The molecule has 0 bridgehead atoms. The Morgan fingerprint density at radius 3 is 2.69 bits per heavy atom. The normalized spacial score (nSPS) is 13.4. The molecule has 1 N–H and O–H groups in total. The van der Waals surface area contributed by atoms with Crippen molar-refractivity contribution < 1.29 is 27.8 Å². The second kappa shape index (κ2) is 8.60. The van der Waals surface area contributed by atoms with Crippen LogP contribution in [0.1, 0.15) is 22.3 Å². The van der Waals surface area contributed by atoms with Gasteiger partial charge in [0.05, 0.1) is 16.6 Å². The van der Waals surface area contributed by atoms with Gasteiger partial charge in [0.15, 0.2) is 11.6 Å². The van der Waals surface area contributed by atoms with Crippen LogP contribution in [0.4, 0.5) is 20.3 Å². The van der Waals surface area contributed by atoms with E-state index in [1.54, 1.807) is 18.2 Å². The van der Waals surface area contributed by atoms with Gasteiger partial charge >= 0.3 is 12.6 Å². The zero-order valence-electron chi connectivity index (χ0n) is 18.8. The number of para-hydroxylation sites is 1. The molecule has 5 aromatic rings. The van der Waals surface area contributed by atoms with Crippen LogP contribution in [0.3, 0.4) is 0 Å². The Morgan fingerprint density at radius 2 is 1.89 bits per heavy atom. The summed E-state index contributed by atoms with van der Waals surface area (Å²) in [4.78, 5) is 23.1. The van der Waals surface area contributed by atoms with Gasteiger partial charge in [-0.05, 0) is 54.8 Å². The number of carbonyl (C=O) groups is 1. The van der Waals surface area contributed by atoms with E-state index >= 15 is 0 Å². The van der Waals surface area contributed by atoms with Crippen LogP contribution in [0.5, 0.6) is 5.75 Å². The number of nitrogens with zero attached hydrogens (tertiary/aromatic N) is 3. The number of alkyl halides is 2. The minimum atomic E-state index is -2.94. The molecular weight excluding hydrogens is 468 g/mol. The molecule has 0 fully saturated rings. The third-order valence-corrected chi connectivity index (χ3v) is 6.21. The van der Waals surface area contributed by atoms with Crippen molar-refractivity contribution in [3.8, 4) is 17.2 Å². The molecule has 6 rings (SSSR count). The minimum absolute atomic E-state index is 0.0443. The van der Waals surface area contributed by atoms with Crippen LogP contribution in [0.2, 0.25) is 0 Å². The average molecular weight is 487 g/mol. The molecule has 180 valence electrons. The molecule has 3 heterocycles. The number of anilines is 2. The highest BCUT2D eigenvalue weighted by molar-refractivity contribution is 5.94. The minimum Gasteiger partial charge on any atom is -0.478 e. The molecule has 3 aromatic carbocycles. The molecule has 0 spiro atoms. The Hall–Kier alpha value is -4.53. The van der Waals surface area contributed by atoms with Gasteiger partial charge in [-0.2, -0.15) is 8.78 Å². The molecule has 1 aliphatic rings. The van der Waals surface area contributed by atoms with Crippen molar-refractivity contribution in [2.75, 3.05) is 11.4 Å². The lowest BCUT2D eigenvalue weighted by molar-refractivity contribution is -0.0498. The first-order valence-corrected chi connectivity index (χ1v) is 11.4. The topological polar surface area (TPSA) is 88.7 Å². The fourth-order valence-electron chi connectivity index (χ4n) is 4.58. The number of carboxylic acid groups (broad SMARTS) is 1. The number of rotatable bonds is 5. The molecule has 0 aliphatic carbocycles. The Labute approximate surface area is 203 Å². The van der Waals surface area contributed by atoms with Gasteiger partial charge in [-0.1, -0.05) is 24.3 Å². The van der Waals surface area contributed by atoms with Crippen molar-refractivity contribution in [2.24, 2.45) is 0 Å². The van der Waals surface area contributed by atoms with Crippen LogP contribution in [0, 0.1) is 0 Å². The Morgan fingerprint density at radius 1 is 1.03 bits per heavy atom. The number of benzene rings is 3. The lowest BCUT2D eigenvalue weighted by Gasteiger charge is -2.31. The maximum Gasteiger partial charge on any atom is 0.387 e. The Balaban J connectivity index is 1.58. The van der Waals surface area contributed by atoms with Crippen LogP contribution < -0.4 is 9.64 Å². The summed E-state index contributed by atoms with van der Waals surface area (Å²) in [6, 6.07) is 18.9. The summed E-state index contributed by atoms with van der Waals surface area (Å²) in [7, 11) is 0. The predicted octanol–water partition coefficient (Wildman–Crippen LogP) is 6.43. The summed E-state index contributed by atoms with van der Waals surface area (Å²) in [5.41, 5.74) is 3.79. The van der Waals surface area contributed by atoms with Gasteiger partial charge < -0.3 is 19.2 Å². The van der Waals surface area contributed by atoms with Crippen molar-refractivity contribution in [3.05, 3.63) is 77.9 Å². The lowest BCUT2D eigenvalue weighted by Crippen LogP contribution is -2.26. The van der Waals surface area contributed by atoms with Crippen LogP contribution >= 0.6 is 0 Å². The quantitative estimate of drug-likeness (QED) is 0.306. The number of aromatic carboxylic acids is 1. The molecule has 0 atom stereocenters. The maximum absolute atomic E-state index is 12.9. The molecule has 2 aromatic heterocycles. The molecule has 1 aliphatic heterocycles. The molecule has 0 radical (unpaired) electrons. The number of ether oxygens (including phenoxy) is 1. The maximum atomic E-state index is 12.9. The highest BCUT2D eigenvalue weighted by atomic mass is 19.3. The van der Waals surface area contributed by atoms with Crippen LogP contribution in [-0.4, -0.2) is 34.2 Å². The number of furan rings is 1. The third-order valence-electron chi connectivity index (χ3n) is 6.21. The van der Waals surface area contributed by atoms with E-state index in [1.165, 1.54) is 18.2 Å². The van der Waals surface area contributed by atoms with Crippen molar-refractivity contribution in [1.29, 1.82) is 0 Å². The highest BCUT2D eigenvalue weighted by Crippen LogP contribution is 2.41. The fraction of sp³-hybridized carbons (Fsp3) is 0.148. The van der Waals surface area contributed by atoms with Gasteiger partial charge in [-0.25, -0.2) is 14.8 Å². The largest absolute Gasteiger partial charge is 0.478 e. The fourth-order valence-corrected chi connectivity index (χ4v) is 4.58. The standard InChI is InChI=1S/C27H19F2N3O4/c28-27(29)35-18-9-7-15-5-3-11-32(21(15)14-18)25-24(23-13-16-4-1-2-6-22(16)36-23)30-19-10-8-17(26(33)34)12-20(19)31-25/h1-2,4,6-10,12-14,27H,3,5,11H2,(H,33,34). The number of aromatic nitrogens is 2. The molecule has 9 heteroatoms. The Bertz CT molecular complexity index is 1600. The number of carboxylic acids is 1. The molecule has 0 saturated heterocycles. The van der Waals surface area contributed by atoms with Gasteiger partial charge in [0, 0.05) is 23.7 Å². The van der Waals surface area contributed by atoms with E-state index in [9.17, 15) is 18.7 Å². The van der Waals surface area contributed by atoms with Crippen LogP contribution in [-0.2, 0) is 6.42 Å². The summed E-state index contributed by atoms with van der Waals surface area (Å²) in [6.07, 6.45) is 1.57. The first-order chi connectivity index (χ1) is 17.5. The third kappa shape index (κ3) is 3.88. The highest BCUT2D eigenvalue weighted by Gasteiger charge is 2.26. The van der Waals surface area contributed by atoms with E-state index < -0.39 is 12.6 Å². The summed E-state index contributed by atoms with van der Waals surface area (Å²) < 4.78 is 36.6. The van der Waals surface area contributed by atoms with Crippen molar-refractivity contribution in [2.45, 2.75) is 19.5 Å². The summed E-state index contributed by atoms with van der Waals surface area (Å²) in [5, 5.41) is 10.4. The average Bonchev–Trinajstić information content (AvgIpc) is 3.31. The summed E-state index contributed by atoms with van der Waals surface area (Å²) >= 11 is 0. The van der Waals surface area contributed by atoms with Gasteiger partial charge in [-0.3, -0.25) is 0 Å². The first kappa shape index (κ1) is 22.0. The van der Waals surface area contributed by atoms with Crippen LogP contribution in [0.15, 0.2) is 71.1 Å². The number of aryl methyl sites for hydroxylation is 1. The van der Waals surface area contributed by atoms with Gasteiger partial charge in [-0.15, -0.1) is 0 Å². The van der Waals surface area contributed by atoms with E-state index in [-0.39, 0.29) is 11.3 Å². The van der Waals surface area contributed by atoms with E-state index in [2.05, 4.69) is 4.74 Å². The number of hydrogen-bond donors (Lipinski definition) is 1. The predicted molar refractivity (Wildman–Crippen MR) is 130 cm³/mol. The summed E-state index contributed by atoms with van der Waals surface area (Å²) in [6.45, 7) is -2.39. The number of fused-ring (bicyclic) bond motifs is 3. The van der Waals surface area contributed by atoms with E-state index in [0.29, 0.717) is 46.1 Å². The van der Waals surface area contributed by atoms with E-state index in [1.807, 2.05) is 35.2 Å². The van der Waals surface area contributed by atoms with E-state index in [0.717, 1.165) is 23.8 Å². The monoisotopic (exact) mass is 487 g/mol. The van der Waals surface area contributed by atoms with Crippen molar-refractivity contribution >= 4 is 39.5 Å². The molecular formula is C27H19F2N3O4. The van der Waals surface area contributed by atoms with Crippen LogP contribution in [0.25, 0.3) is 33.5 Å². The number of hydrogen-bond acceptors (Lipinski definition) is 6. The van der Waals surface area contributed by atoms with Gasteiger partial charge in [0.25, 0.3) is 0 Å². The van der Waals surface area contributed by atoms with E-state index in [4.69, 9.17) is 14.4 Å². The SMILES string of the molecule is O=C(O)c1ccc2nc(-c3cc4ccccc4o3)c(N3CCCc4ccc(OC(F)F)cc43)nc2c1. The molecule has 7 nitrogen and oxygen atoms in total.